The van der Waals surface area contributed by atoms with E-state index in [0.717, 1.165) is 0 Å². The van der Waals surface area contributed by atoms with Crippen LogP contribution >= 0.6 is 0 Å². The van der Waals surface area contributed by atoms with Gasteiger partial charge in [0.1, 0.15) is 18.1 Å². The molecule has 5 amide bonds. The van der Waals surface area contributed by atoms with Gasteiger partial charge in [0.05, 0.1) is 6.04 Å². The van der Waals surface area contributed by atoms with E-state index in [9.17, 15) is 38.7 Å². The molecule has 0 saturated carbocycles. The summed E-state index contributed by atoms with van der Waals surface area (Å²) in [6.07, 6.45) is -1.61. The molecule has 0 heterocycles. The first-order chi connectivity index (χ1) is 16.7. The Labute approximate surface area is 207 Å². The first kappa shape index (κ1) is 32.2. The Morgan fingerprint density at radius 3 is 1.47 bits per heavy atom. The van der Waals surface area contributed by atoms with E-state index < -0.39 is 78.5 Å². The summed E-state index contributed by atoms with van der Waals surface area (Å²) >= 11 is 0. The standard InChI is InChI=1S/C21H36N6O9/c1-3-10(2)17(24)20(34)26-11(4-7-14(22)28)18(32)25-12(6-9-16(30)31)19(33)27-13(21(35)36)5-8-15(23)29/h10-13,17H,3-9,24H2,1-2H3,(H2,22,28)(H2,23,29)(H,25,32)(H,26,34)(H,27,33)(H,30,31)(H,35,36). The fourth-order valence-corrected chi connectivity index (χ4v) is 2.96. The van der Waals surface area contributed by atoms with Crippen molar-refractivity contribution in [3.63, 3.8) is 0 Å². The number of hydrogen-bond acceptors (Lipinski definition) is 8. The average molecular weight is 517 g/mol. The summed E-state index contributed by atoms with van der Waals surface area (Å²) in [4.78, 5) is 82.8. The molecule has 0 radical (unpaired) electrons. The second-order valence-electron chi connectivity index (χ2n) is 8.38. The normalized spacial score (nSPS) is 14.9. The summed E-state index contributed by atoms with van der Waals surface area (Å²) in [6.45, 7) is 3.54. The maximum atomic E-state index is 12.9. The molecule has 0 aromatic rings. The van der Waals surface area contributed by atoms with Gasteiger partial charge in [-0.1, -0.05) is 20.3 Å². The second-order valence-corrected chi connectivity index (χ2v) is 8.38. The fraction of sp³-hybridized carbons (Fsp3) is 0.667. The van der Waals surface area contributed by atoms with Crippen molar-refractivity contribution < 1.29 is 43.8 Å². The molecule has 0 aromatic heterocycles. The van der Waals surface area contributed by atoms with E-state index in [1.54, 1.807) is 6.92 Å². The Bertz CT molecular complexity index is 835. The maximum Gasteiger partial charge on any atom is 0.326 e. The third kappa shape index (κ3) is 12.6. The Morgan fingerprint density at radius 2 is 1.08 bits per heavy atom. The highest BCUT2D eigenvalue weighted by molar-refractivity contribution is 5.94. The summed E-state index contributed by atoms with van der Waals surface area (Å²) in [5.41, 5.74) is 16.0. The quantitative estimate of drug-likeness (QED) is 0.0932. The number of carboxylic acids is 2. The maximum absolute atomic E-state index is 12.9. The number of rotatable bonds is 18. The lowest BCUT2D eigenvalue weighted by Gasteiger charge is -2.26. The van der Waals surface area contributed by atoms with Gasteiger partial charge in [0.15, 0.2) is 0 Å². The highest BCUT2D eigenvalue weighted by Gasteiger charge is 2.31. The first-order valence-corrected chi connectivity index (χ1v) is 11.4. The van der Waals surface area contributed by atoms with Crippen LogP contribution in [0, 0.1) is 5.92 Å². The lowest BCUT2D eigenvalue weighted by atomic mass is 9.98. The molecular weight excluding hydrogens is 480 g/mol. The molecule has 0 aliphatic carbocycles. The van der Waals surface area contributed by atoms with Crippen molar-refractivity contribution in [2.24, 2.45) is 23.1 Å². The fourth-order valence-electron chi connectivity index (χ4n) is 2.96. The Morgan fingerprint density at radius 1 is 0.694 bits per heavy atom. The van der Waals surface area contributed by atoms with Gasteiger partial charge in [-0.3, -0.25) is 28.8 Å². The van der Waals surface area contributed by atoms with E-state index in [2.05, 4.69) is 16.0 Å². The van der Waals surface area contributed by atoms with Crippen LogP contribution in [0.15, 0.2) is 0 Å². The van der Waals surface area contributed by atoms with Crippen LogP contribution in [-0.2, 0) is 33.6 Å². The van der Waals surface area contributed by atoms with Gasteiger partial charge >= 0.3 is 11.9 Å². The van der Waals surface area contributed by atoms with E-state index >= 15 is 0 Å². The summed E-state index contributed by atoms with van der Waals surface area (Å²) in [7, 11) is 0. The van der Waals surface area contributed by atoms with Crippen molar-refractivity contribution in [3.8, 4) is 0 Å². The summed E-state index contributed by atoms with van der Waals surface area (Å²) in [6, 6.07) is -5.36. The Kier molecular flexibility index (Phi) is 14.4. The zero-order valence-corrected chi connectivity index (χ0v) is 20.3. The van der Waals surface area contributed by atoms with E-state index in [0.29, 0.717) is 6.42 Å². The van der Waals surface area contributed by atoms with Gasteiger partial charge in [0.25, 0.3) is 0 Å². The molecule has 5 atom stereocenters. The average Bonchev–Trinajstić information content (AvgIpc) is 2.79. The van der Waals surface area contributed by atoms with Crippen LogP contribution in [0.5, 0.6) is 0 Å². The molecule has 0 bridgehead atoms. The van der Waals surface area contributed by atoms with E-state index in [4.69, 9.17) is 22.3 Å². The molecule has 11 N–H and O–H groups in total. The predicted molar refractivity (Wildman–Crippen MR) is 125 cm³/mol. The van der Waals surface area contributed by atoms with Crippen molar-refractivity contribution in [2.45, 2.75) is 83.0 Å². The van der Waals surface area contributed by atoms with Crippen LogP contribution in [0.3, 0.4) is 0 Å². The van der Waals surface area contributed by atoms with Crippen molar-refractivity contribution >= 4 is 41.5 Å². The number of carbonyl (C=O) groups is 7. The van der Waals surface area contributed by atoms with Gasteiger partial charge in [-0.2, -0.15) is 0 Å². The second kappa shape index (κ2) is 16.0. The predicted octanol–water partition coefficient (Wildman–Crippen LogP) is -2.71. The van der Waals surface area contributed by atoms with Crippen molar-refractivity contribution in [1.29, 1.82) is 0 Å². The zero-order chi connectivity index (χ0) is 28.0. The van der Waals surface area contributed by atoms with E-state index in [1.807, 2.05) is 6.92 Å². The molecule has 0 rings (SSSR count). The van der Waals surface area contributed by atoms with Crippen LogP contribution in [0.25, 0.3) is 0 Å². The minimum atomic E-state index is -1.53. The molecule has 36 heavy (non-hydrogen) atoms. The van der Waals surface area contributed by atoms with Crippen molar-refractivity contribution in [3.05, 3.63) is 0 Å². The third-order valence-corrected chi connectivity index (χ3v) is 5.45. The number of hydrogen-bond donors (Lipinski definition) is 8. The summed E-state index contributed by atoms with van der Waals surface area (Å²) in [5.74, 6) is -7.19. The van der Waals surface area contributed by atoms with Crippen molar-refractivity contribution in [2.75, 3.05) is 0 Å². The van der Waals surface area contributed by atoms with E-state index in [-0.39, 0.29) is 31.6 Å². The number of carbonyl (C=O) groups excluding carboxylic acids is 5. The van der Waals surface area contributed by atoms with Gasteiger partial charge in [-0.05, 0) is 25.2 Å². The van der Waals surface area contributed by atoms with Gasteiger partial charge in [-0.15, -0.1) is 0 Å². The number of aliphatic carboxylic acids is 2. The number of amides is 5. The topological polar surface area (TPSA) is 274 Å². The lowest BCUT2D eigenvalue weighted by molar-refractivity contribution is -0.143. The van der Waals surface area contributed by atoms with Crippen LogP contribution < -0.4 is 33.2 Å². The summed E-state index contributed by atoms with van der Waals surface area (Å²) < 4.78 is 0. The Balaban J connectivity index is 5.68. The largest absolute Gasteiger partial charge is 0.481 e. The van der Waals surface area contributed by atoms with Gasteiger partial charge in [0, 0.05) is 19.3 Å². The summed E-state index contributed by atoms with van der Waals surface area (Å²) in [5, 5.41) is 25.1. The molecule has 15 nitrogen and oxygen atoms in total. The Hall–Kier alpha value is -3.75. The lowest BCUT2D eigenvalue weighted by Crippen LogP contribution is -2.57. The highest BCUT2D eigenvalue weighted by Crippen LogP contribution is 2.08. The third-order valence-electron chi connectivity index (χ3n) is 5.45. The molecule has 204 valence electrons. The van der Waals surface area contributed by atoms with E-state index in [1.165, 1.54) is 0 Å². The number of nitrogens with one attached hydrogen (secondary N) is 3. The van der Waals surface area contributed by atoms with Crippen LogP contribution in [-0.4, -0.2) is 75.9 Å². The highest BCUT2D eigenvalue weighted by atomic mass is 16.4. The molecule has 0 spiro atoms. The molecule has 0 aromatic carbocycles. The molecule has 0 saturated heterocycles. The molecule has 5 unspecified atom stereocenters. The van der Waals surface area contributed by atoms with Gasteiger partial charge < -0.3 is 43.4 Å². The van der Waals surface area contributed by atoms with Crippen molar-refractivity contribution in [1.82, 2.24) is 16.0 Å². The molecule has 15 heteroatoms. The molecule has 0 aliphatic heterocycles. The number of primary amides is 2. The van der Waals surface area contributed by atoms with Gasteiger partial charge in [-0.25, -0.2) is 4.79 Å². The minimum absolute atomic E-state index is 0.229. The molecular formula is C21H36N6O9. The monoisotopic (exact) mass is 516 g/mol. The molecule has 0 aliphatic rings. The molecule has 0 fully saturated rings. The van der Waals surface area contributed by atoms with Crippen LogP contribution in [0.4, 0.5) is 0 Å². The number of carboxylic acid groups (broad SMARTS) is 2. The SMILES string of the molecule is CCC(C)C(N)C(=O)NC(CCC(N)=O)C(=O)NC(CCC(=O)O)C(=O)NC(CCC(N)=O)C(=O)O. The zero-order valence-electron chi connectivity index (χ0n) is 20.3. The smallest absolute Gasteiger partial charge is 0.326 e. The minimum Gasteiger partial charge on any atom is -0.481 e. The van der Waals surface area contributed by atoms with Crippen LogP contribution in [0.2, 0.25) is 0 Å². The first-order valence-electron chi connectivity index (χ1n) is 11.4. The number of nitrogens with two attached hydrogens (primary N) is 3. The van der Waals surface area contributed by atoms with Crippen LogP contribution in [0.1, 0.15) is 58.8 Å². The van der Waals surface area contributed by atoms with Gasteiger partial charge in [0.2, 0.25) is 29.5 Å².